The molecule has 4 heterocycles. The first-order chi connectivity index (χ1) is 17.2. The topological polar surface area (TPSA) is 152 Å². The molecule has 4 aromatic rings. The highest BCUT2D eigenvalue weighted by Gasteiger charge is 2.17. The van der Waals surface area contributed by atoms with Crippen LogP contribution in [-0.2, 0) is 25.9 Å². The van der Waals surface area contributed by atoms with E-state index in [4.69, 9.17) is 21.7 Å². The fourth-order valence-corrected chi connectivity index (χ4v) is 5.69. The minimum atomic E-state index is 0. The van der Waals surface area contributed by atoms with Gasteiger partial charge in [-0.15, -0.1) is 12.4 Å². The Morgan fingerprint density at radius 2 is 1.08 bits per heavy atom. The molecule has 4 rings (SSSR count). The molecule has 0 aromatic carbocycles. The largest absolute Gasteiger partial charge is 1.00 e. The normalized spacial score (nSPS) is 10.3. The summed E-state index contributed by atoms with van der Waals surface area (Å²) >= 11 is 3.31. The highest BCUT2D eigenvalue weighted by atomic mass is 35.5. The Hall–Kier alpha value is -2.48. The Morgan fingerprint density at radius 1 is 0.711 bits per heavy atom. The Bertz CT molecular complexity index is 1180. The standard InChI is InChI=1S/2C12H17N4OS.2ClH/c2*1-8-11(3-4-17)18-7-16(8)6-10-5-12(13)15-9(2)14-10;;/h2*5,7,17H,3-4,6H2,1-2H3,(H2,13,14,15);2*1H/q2*+1;;/p-1. The van der Waals surface area contributed by atoms with Gasteiger partial charge in [0.2, 0.25) is 11.0 Å². The zero-order valence-electron chi connectivity index (χ0n) is 21.9. The highest BCUT2D eigenvalue weighted by molar-refractivity contribution is 7.09. The molecule has 0 aliphatic heterocycles. The van der Waals surface area contributed by atoms with Gasteiger partial charge in [-0.3, -0.25) is 0 Å². The number of aliphatic hydroxyl groups is 2. The summed E-state index contributed by atoms with van der Waals surface area (Å²) in [6.45, 7) is 9.51. The number of nitrogen functional groups attached to an aromatic ring is 2. The molecular formula is C24H35Cl2N8O2S2+. The molecule has 38 heavy (non-hydrogen) atoms. The van der Waals surface area contributed by atoms with Crippen LogP contribution in [0.5, 0.6) is 0 Å². The average molecular weight is 603 g/mol. The molecule has 208 valence electrons. The second-order valence-electron chi connectivity index (χ2n) is 8.33. The maximum atomic E-state index is 8.98. The first kappa shape index (κ1) is 33.5. The van der Waals surface area contributed by atoms with E-state index in [0.717, 1.165) is 11.4 Å². The second-order valence-corrected chi connectivity index (χ2v) is 10.2. The summed E-state index contributed by atoms with van der Waals surface area (Å²) in [5.74, 6) is 2.38. The molecule has 10 nitrogen and oxygen atoms in total. The van der Waals surface area contributed by atoms with Crippen LogP contribution in [0.4, 0.5) is 11.6 Å². The molecule has 0 aliphatic carbocycles. The van der Waals surface area contributed by atoms with E-state index in [9.17, 15) is 0 Å². The van der Waals surface area contributed by atoms with Crippen molar-refractivity contribution >= 4 is 46.7 Å². The molecule has 0 bridgehead atoms. The average Bonchev–Trinajstić information content (AvgIpc) is 3.31. The Kier molecular flexibility index (Phi) is 14.0. The maximum Gasteiger partial charge on any atom is 0.225 e. The molecule has 0 aliphatic rings. The highest BCUT2D eigenvalue weighted by Crippen LogP contribution is 2.13. The molecular weight excluding hydrogens is 567 g/mol. The fourth-order valence-electron chi connectivity index (χ4n) is 3.72. The van der Waals surface area contributed by atoms with Crippen LogP contribution in [0, 0.1) is 27.7 Å². The lowest BCUT2D eigenvalue weighted by Gasteiger charge is -2.00. The van der Waals surface area contributed by atoms with Crippen molar-refractivity contribution < 1.29 is 31.8 Å². The predicted octanol–water partition coefficient (Wildman–Crippen LogP) is -1.36. The summed E-state index contributed by atoms with van der Waals surface area (Å²) in [4.78, 5) is 19.3. The number of aromatic nitrogens is 6. The number of nitrogens with two attached hydrogens (primary N) is 2. The van der Waals surface area contributed by atoms with E-state index in [1.807, 2.05) is 24.9 Å². The van der Waals surface area contributed by atoms with Crippen LogP contribution < -0.4 is 33.0 Å². The van der Waals surface area contributed by atoms with Crippen molar-refractivity contribution in [3.8, 4) is 0 Å². The lowest BCUT2D eigenvalue weighted by molar-refractivity contribution is -0.690. The summed E-state index contributed by atoms with van der Waals surface area (Å²) < 4.78 is 4.24. The van der Waals surface area contributed by atoms with Gasteiger partial charge in [-0.1, -0.05) is 22.7 Å². The van der Waals surface area contributed by atoms with Crippen LogP contribution in [-0.4, -0.2) is 43.4 Å². The molecule has 0 saturated carbocycles. The third-order valence-corrected chi connectivity index (χ3v) is 7.77. The van der Waals surface area contributed by atoms with Crippen LogP contribution in [0.25, 0.3) is 0 Å². The molecule has 0 saturated heterocycles. The Labute approximate surface area is 243 Å². The van der Waals surface area contributed by atoms with Gasteiger partial charge in [-0.05, 0) is 13.8 Å². The van der Waals surface area contributed by atoms with E-state index >= 15 is 0 Å². The monoisotopic (exact) mass is 601 g/mol. The zero-order valence-corrected chi connectivity index (χ0v) is 25.1. The number of anilines is 2. The molecule has 6 N–H and O–H groups in total. The van der Waals surface area contributed by atoms with E-state index in [-0.39, 0.29) is 38.0 Å². The van der Waals surface area contributed by atoms with Crippen LogP contribution >= 0.6 is 35.1 Å². The molecule has 0 atom stereocenters. The summed E-state index contributed by atoms with van der Waals surface area (Å²) in [5.41, 5.74) is 19.7. The van der Waals surface area contributed by atoms with E-state index in [2.05, 4.69) is 42.9 Å². The lowest BCUT2D eigenvalue weighted by Crippen LogP contribution is -3.00. The predicted molar refractivity (Wildman–Crippen MR) is 148 cm³/mol. The molecule has 0 unspecified atom stereocenters. The van der Waals surface area contributed by atoms with Gasteiger partial charge in [0.25, 0.3) is 0 Å². The minimum Gasteiger partial charge on any atom is -1.00 e. The number of thiazole rings is 2. The number of halogens is 2. The maximum absolute atomic E-state index is 8.98. The summed E-state index contributed by atoms with van der Waals surface area (Å²) in [5, 5.41) is 18.0. The number of aliphatic hydroxyl groups excluding tert-OH is 2. The Morgan fingerprint density at radius 3 is 1.39 bits per heavy atom. The van der Waals surface area contributed by atoms with Gasteiger partial charge in [-0.25, -0.2) is 19.9 Å². The molecule has 0 radical (unpaired) electrons. The van der Waals surface area contributed by atoms with E-state index < -0.39 is 0 Å². The van der Waals surface area contributed by atoms with Gasteiger partial charge >= 0.3 is 0 Å². The van der Waals surface area contributed by atoms with Crippen molar-refractivity contribution in [3.05, 3.63) is 67.3 Å². The van der Waals surface area contributed by atoms with Crippen molar-refractivity contribution in [2.24, 2.45) is 0 Å². The number of aryl methyl sites for hydroxylation is 2. The molecule has 4 aromatic heterocycles. The third-order valence-electron chi connectivity index (χ3n) is 5.48. The first-order valence-electron chi connectivity index (χ1n) is 11.5. The number of rotatable bonds is 8. The molecule has 0 fully saturated rings. The minimum absolute atomic E-state index is 0. The number of nitrogens with zero attached hydrogens (tertiary/aromatic N) is 6. The van der Waals surface area contributed by atoms with Gasteiger partial charge in [0.05, 0.1) is 9.75 Å². The molecule has 0 spiro atoms. The van der Waals surface area contributed by atoms with Gasteiger partial charge < -0.3 is 34.1 Å². The summed E-state index contributed by atoms with van der Waals surface area (Å²) in [6.07, 6.45) is 1.41. The van der Waals surface area contributed by atoms with Gasteiger partial charge in [0, 0.05) is 52.0 Å². The quantitative estimate of drug-likeness (QED) is 0.181. The van der Waals surface area contributed by atoms with E-state index in [0.29, 0.717) is 49.2 Å². The summed E-state index contributed by atoms with van der Waals surface area (Å²) in [6, 6.07) is 3.59. The lowest BCUT2D eigenvalue weighted by atomic mass is 10.3. The smallest absolute Gasteiger partial charge is 0.225 e. The Balaban J connectivity index is 0.000000361. The number of hydrogen-bond donors (Lipinski definition) is 4. The summed E-state index contributed by atoms with van der Waals surface area (Å²) in [7, 11) is 0. The zero-order chi connectivity index (χ0) is 26.2. The van der Waals surface area contributed by atoms with Gasteiger partial charge in [-0.2, -0.15) is 9.13 Å². The number of hydrogen-bond acceptors (Lipinski definition) is 10. The van der Waals surface area contributed by atoms with Crippen LogP contribution in [0.15, 0.2) is 23.2 Å². The fraction of sp³-hybridized carbons (Fsp3) is 0.417. The van der Waals surface area contributed by atoms with E-state index in [1.165, 1.54) is 21.1 Å². The van der Waals surface area contributed by atoms with E-state index in [1.54, 1.807) is 34.8 Å². The van der Waals surface area contributed by atoms with Crippen molar-refractivity contribution in [3.63, 3.8) is 0 Å². The van der Waals surface area contributed by atoms with Crippen molar-refractivity contribution in [2.45, 2.75) is 53.6 Å². The second kappa shape index (κ2) is 15.8. The molecule has 0 amide bonds. The van der Waals surface area contributed by atoms with Crippen LogP contribution in [0.3, 0.4) is 0 Å². The third kappa shape index (κ3) is 9.37. The molecule has 14 heteroatoms. The van der Waals surface area contributed by atoms with Gasteiger partial charge in [0.15, 0.2) is 24.5 Å². The van der Waals surface area contributed by atoms with Crippen molar-refractivity contribution in [1.82, 2.24) is 19.9 Å². The van der Waals surface area contributed by atoms with Gasteiger partial charge in [0.1, 0.15) is 34.7 Å². The van der Waals surface area contributed by atoms with Crippen LogP contribution in [0.2, 0.25) is 0 Å². The SMILES string of the molecule is Cc1nc(N)cc(C[n+]2csc(CCO)c2C)n1.Cc1nc(N)cc(C[n+]2csc(CCO)c2C)n1.Cl.[Cl-]. The van der Waals surface area contributed by atoms with Crippen LogP contribution in [0.1, 0.15) is 44.2 Å². The van der Waals surface area contributed by atoms with Crippen molar-refractivity contribution in [1.29, 1.82) is 0 Å². The van der Waals surface area contributed by atoms with Crippen molar-refractivity contribution in [2.75, 3.05) is 24.7 Å². The first-order valence-corrected chi connectivity index (χ1v) is 13.3.